The second kappa shape index (κ2) is 7.14. The van der Waals surface area contributed by atoms with Gasteiger partial charge in [-0.15, -0.1) is 11.3 Å². The van der Waals surface area contributed by atoms with Gasteiger partial charge in [0.15, 0.2) is 0 Å². The molecule has 2 aromatic rings. The van der Waals surface area contributed by atoms with Gasteiger partial charge in [-0.2, -0.15) is 0 Å². The molecule has 2 nitrogen and oxygen atoms in total. The van der Waals surface area contributed by atoms with Crippen LogP contribution in [0.2, 0.25) is 0 Å². The number of aromatic nitrogens is 1. The zero-order valence-electron chi connectivity index (χ0n) is 13.2. The Bertz CT molecular complexity index is 607. The predicted octanol–water partition coefficient (Wildman–Crippen LogP) is 4.55. The minimum Gasteiger partial charge on any atom is -0.304 e. The Morgan fingerprint density at radius 1 is 1.29 bits per heavy atom. The first-order chi connectivity index (χ1) is 10.1. The summed E-state index contributed by atoms with van der Waals surface area (Å²) in [6.07, 6.45) is 1.97. The molecule has 4 heteroatoms. The van der Waals surface area contributed by atoms with Gasteiger partial charge in [-0.05, 0) is 50.4 Å². The number of hydrogen-bond acceptors (Lipinski definition) is 3. The van der Waals surface area contributed by atoms with Gasteiger partial charge in [0, 0.05) is 4.88 Å². The molecular weight excluding hydrogens is 283 g/mol. The third kappa shape index (κ3) is 3.69. The fraction of sp³-hybridized carbons (Fsp3) is 0.471. The molecule has 0 amide bonds. The van der Waals surface area contributed by atoms with Crippen LogP contribution >= 0.6 is 11.3 Å². The first kappa shape index (κ1) is 16.1. The number of benzene rings is 1. The highest BCUT2D eigenvalue weighted by Crippen LogP contribution is 2.29. The topological polar surface area (TPSA) is 24.9 Å². The molecule has 0 saturated carbocycles. The van der Waals surface area contributed by atoms with Crippen molar-refractivity contribution in [2.75, 3.05) is 6.54 Å². The monoisotopic (exact) mass is 306 g/mol. The van der Waals surface area contributed by atoms with E-state index >= 15 is 0 Å². The number of thiazole rings is 1. The molecule has 1 unspecified atom stereocenters. The zero-order valence-corrected chi connectivity index (χ0v) is 14.0. The molecule has 0 bridgehead atoms. The molecule has 2 rings (SSSR count). The highest BCUT2D eigenvalue weighted by atomic mass is 32.1. The van der Waals surface area contributed by atoms with Crippen molar-refractivity contribution in [2.24, 2.45) is 0 Å². The molecule has 1 heterocycles. The molecule has 0 saturated heterocycles. The quantitative estimate of drug-likeness (QED) is 0.847. The summed E-state index contributed by atoms with van der Waals surface area (Å²) in [5, 5.41) is 4.52. The highest BCUT2D eigenvalue weighted by molar-refractivity contribution is 7.11. The van der Waals surface area contributed by atoms with Gasteiger partial charge in [-0.25, -0.2) is 9.37 Å². The molecule has 1 atom stereocenters. The summed E-state index contributed by atoms with van der Waals surface area (Å²) >= 11 is 1.71. The van der Waals surface area contributed by atoms with Crippen LogP contribution in [0.15, 0.2) is 18.2 Å². The standard InChI is InChI=1S/C17H23FN2S/c1-5-9-19-16(13-8-7-11(3)14(18)10-13)17-20-15(6-2)12(4)21-17/h7-8,10,16,19H,5-6,9H2,1-4H3. The summed E-state index contributed by atoms with van der Waals surface area (Å²) in [5.41, 5.74) is 2.77. The van der Waals surface area contributed by atoms with Gasteiger partial charge in [-0.1, -0.05) is 26.0 Å². The van der Waals surface area contributed by atoms with E-state index in [9.17, 15) is 4.39 Å². The van der Waals surface area contributed by atoms with Crippen LogP contribution < -0.4 is 5.32 Å². The normalized spacial score (nSPS) is 12.6. The number of rotatable bonds is 6. The Morgan fingerprint density at radius 3 is 2.62 bits per heavy atom. The van der Waals surface area contributed by atoms with E-state index in [1.54, 1.807) is 24.3 Å². The van der Waals surface area contributed by atoms with Gasteiger partial charge < -0.3 is 5.32 Å². The summed E-state index contributed by atoms with van der Waals surface area (Å²) in [7, 11) is 0. The van der Waals surface area contributed by atoms with Crippen molar-refractivity contribution in [3.05, 3.63) is 50.7 Å². The number of aryl methyl sites for hydroxylation is 3. The lowest BCUT2D eigenvalue weighted by molar-refractivity contribution is 0.580. The average molecular weight is 306 g/mol. The van der Waals surface area contributed by atoms with E-state index in [4.69, 9.17) is 4.98 Å². The third-order valence-electron chi connectivity index (χ3n) is 3.62. The summed E-state index contributed by atoms with van der Waals surface area (Å²) in [4.78, 5) is 6.00. The van der Waals surface area contributed by atoms with Crippen molar-refractivity contribution in [1.82, 2.24) is 10.3 Å². The molecule has 0 radical (unpaired) electrons. The maximum Gasteiger partial charge on any atom is 0.126 e. The number of nitrogens with one attached hydrogen (secondary N) is 1. The van der Waals surface area contributed by atoms with E-state index in [-0.39, 0.29) is 11.9 Å². The molecule has 0 spiro atoms. The van der Waals surface area contributed by atoms with Crippen molar-refractivity contribution in [2.45, 2.75) is 46.6 Å². The second-order valence-electron chi connectivity index (χ2n) is 5.30. The molecule has 0 fully saturated rings. The molecule has 1 aromatic carbocycles. The van der Waals surface area contributed by atoms with Gasteiger partial charge in [0.1, 0.15) is 10.8 Å². The predicted molar refractivity (Wildman–Crippen MR) is 87.5 cm³/mol. The van der Waals surface area contributed by atoms with Crippen LogP contribution in [0, 0.1) is 19.7 Å². The maximum absolute atomic E-state index is 13.9. The summed E-state index contributed by atoms with van der Waals surface area (Å²) in [6.45, 7) is 9.03. The fourth-order valence-electron chi connectivity index (χ4n) is 2.33. The van der Waals surface area contributed by atoms with Gasteiger partial charge in [0.2, 0.25) is 0 Å². The van der Waals surface area contributed by atoms with Gasteiger partial charge >= 0.3 is 0 Å². The van der Waals surface area contributed by atoms with Crippen molar-refractivity contribution < 1.29 is 4.39 Å². The lowest BCUT2D eigenvalue weighted by atomic mass is 10.0. The van der Waals surface area contributed by atoms with Crippen LogP contribution in [-0.4, -0.2) is 11.5 Å². The van der Waals surface area contributed by atoms with Crippen molar-refractivity contribution in [3.8, 4) is 0 Å². The third-order valence-corrected chi connectivity index (χ3v) is 4.70. The van der Waals surface area contributed by atoms with Gasteiger partial charge in [0.05, 0.1) is 11.7 Å². The lowest BCUT2D eigenvalue weighted by Crippen LogP contribution is -2.23. The number of hydrogen-bond donors (Lipinski definition) is 1. The summed E-state index contributed by atoms with van der Waals surface area (Å²) in [5.74, 6) is -0.153. The van der Waals surface area contributed by atoms with Gasteiger partial charge in [0.25, 0.3) is 0 Å². The van der Waals surface area contributed by atoms with Gasteiger partial charge in [-0.3, -0.25) is 0 Å². The number of halogens is 1. The van der Waals surface area contributed by atoms with Crippen LogP contribution in [-0.2, 0) is 6.42 Å². The Labute approximate surface area is 130 Å². The van der Waals surface area contributed by atoms with E-state index in [1.165, 1.54) is 4.88 Å². The van der Waals surface area contributed by atoms with Crippen molar-refractivity contribution in [3.63, 3.8) is 0 Å². The van der Waals surface area contributed by atoms with Crippen molar-refractivity contribution in [1.29, 1.82) is 0 Å². The smallest absolute Gasteiger partial charge is 0.126 e. The zero-order chi connectivity index (χ0) is 15.4. The average Bonchev–Trinajstić information content (AvgIpc) is 2.84. The van der Waals surface area contributed by atoms with Crippen LogP contribution in [0.1, 0.15) is 53.0 Å². The molecule has 1 N–H and O–H groups in total. The molecule has 21 heavy (non-hydrogen) atoms. The molecular formula is C17H23FN2S. The first-order valence-electron chi connectivity index (χ1n) is 7.52. The van der Waals surface area contributed by atoms with E-state index in [1.807, 2.05) is 12.1 Å². The maximum atomic E-state index is 13.9. The Kier molecular flexibility index (Phi) is 5.48. The van der Waals surface area contributed by atoms with Crippen molar-refractivity contribution >= 4 is 11.3 Å². The molecule has 0 aliphatic carbocycles. The van der Waals surface area contributed by atoms with Crippen LogP contribution in [0.5, 0.6) is 0 Å². The van der Waals surface area contributed by atoms with Crippen LogP contribution in [0.25, 0.3) is 0 Å². The summed E-state index contributed by atoms with van der Waals surface area (Å²) < 4.78 is 13.9. The molecule has 0 aliphatic rings. The number of nitrogens with zero attached hydrogens (tertiary/aromatic N) is 1. The second-order valence-corrected chi connectivity index (χ2v) is 6.54. The van der Waals surface area contributed by atoms with E-state index < -0.39 is 0 Å². The Hall–Kier alpha value is -1.26. The molecule has 1 aromatic heterocycles. The van der Waals surface area contributed by atoms with E-state index in [0.717, 1.165) is 35.7 Å². The van der Waals surface area contributed by atoms with E-state index in [0.29, 0.717) is 5.56 Å². The molecule has 114 valence electrons. The Morgan fingerprint density at radius 2 is 2.05 bits per heavy atom. The fourth-order valence-corrected chi connectivity index (χ4v) is 3.44. The minimum atomic E-state index is -0.153. The Balaban J connectivity index is 2.38. The first-order valence-corrected chi connectivity index (χ1v) is 8.34. The largest absolute Gasteiger partial charge is 0.304 e. The highest BCUT2D eigenvalue weighted by Gasteiger charge is 2.19. The van der Waals surface area contributed by atoms with Crippen LogP contribution in [0.3, 0.4) is 0 Å². The lowest BCUT2D eigenvalue weighted by Gasteiger charge is -2.17. The SMILES string of the molecule is CCCNC(c1ccc(C)c(F)c1)c1nc(CC)c(C)s1. The summed E-state index contributed by atoms with van der Waals surface area (Å²) in [6, 6.07) is 5.44. The van der Waals surface area contributed by atoms with Crippen LogP contribution in [0.4, 0.5) is 4.39 Å². The molecule has 0 aliphatic heterocycles. The van der Waals surface area contributed by atoms with E-state index in [2.05, 4.69) is 26.1 Å². The minimum absolute atomic E-state index is 0.0240.